The van der Waals surface area contributed by atoms with Crippen LogP contribution in [0.4, 0.5) is 0 Å². The molecule has 0 fully saturated rings. The molecule has 3 rings (SSSR count). The van der Waals surface area contributed by atoms with E-state index >= 15 is 0 Å². The lowest BCUT2D eigenvalue weighted by molar-refractivity contribution is -0.132. The molecule has 0 spiro atoms. The first-order valence-electron chi connectivity index (χ1n) is 9.61. The molecule has 3 aromatic rings. The number of hydrogen-bond acceptors (Lipinski definition) is 1. The smallest absolute Gasteiger partial charge is 0.330 e. The number of carboxylic acids is 1. The number of hydrogen-bond donors (Lipinski definition) is 1. The van der Waals surface area contributed by atoms with Gasteiger partial charge in [-0.05, 0) is 25.1 Å². The third kappa shape index (κ3) is 5.54. The molecule has 0 amide bonds. The van der Waals surface area contributed by atoms with E-state index in [-0.39, 0.29) is 0 Å². The lowest BCUT2D eigenvalue weighted by atomic mass is 10.2. The summed E-state index contributed by atoms with van der Waals surface area (Å²) in [7, 11) is -2.19. The lowest BCUT2D eigenvalue weighted by Gasteiger charge is -2.30. The van der Waals surface area contributed by atoms with Crippen molar-refractivity contribution < 1.29 is 9.90 Å². The predicted octanol–water partition coefficient (Wildman–Crippen LogP) is 5.35. The minimum Gasteiger partial charge on any atom is -0.478 e. The fraction of sp³-hybridized carbons (Fsp3) is 0.160. The molecule has 0 aliphatic carbocycles. The van der Waals surface area contributed by atoms with Crippen LogP contribution in [0, 0.1) is 0 Å². The number of aliphatic carboxylic acids is 1. The van der Waals surface area contributed by atoms with Gasteiger partial charge in [0.2, 0.25) is 0 Å². The van der Waals surface area contributed by atoms with E-state index in [0.29, 0.717) is 5.57 Å². The molecule has 142 valence electrons. The van der Waals surface area contributed by atoms with Crippen LogP contribution in [0.3, 0.4) is 0 Å². The predicted molar refractivity (Wildman–Crippen MR) is 118 cm³/mol. The van der Waals surface area contributed by atoms with E-state index in [1.165, 1.54) is 16.7 Å². The van der Waals surface area contributed by atoms with Crippen LogP contribution in [0.15, 0.2) is 102 Å². The summed E-state index contributed by atoms with van der Waals surface area (Å²) in [5.41, 5.74) is 6.39. The Kier molecular flexibility index (Phi) is 6.61. The zero-order valence-corrected chi connectivity index (χ0v) is 17.2. The molecule has 0 bridgehead atoms. The van der Waals surface area contributed by atoms with Crippen molar-refractivity contribution in [1.82, 2.24) is 0 Å². The van der Waals surface area contributed by atoms with Crippen LogP contribution in [0.5, 0.6) is 0 Å². The second-order valence-electron chi connectivity index (χ2n) is 7.48. The quantitative estimate of drug-likeness (QED) is 0.418. The number of rotatable bonds is 8. The maximum atomic E-state index is 11.7. The molecule has 0 aliphatic rings. The highest BCUT2D eigenvalue weighted by Crippen LogP contribution is 2.25. The Morgan fingerprint density at radius 1 is 0.714 bits per heavy atom. The van der Waals surface area contributed by atoms with Gasteiger partial charge in [0.05, 0.1) is 8.07 Å². The Morgan fingerprint density at radius 3 is 1.32 bits per heavy atom. The molecule has 0 radical (unpaired) electrons. The summed E-state index contributed by atoms with van der Waals surface area (Å²) in [6.45, 7) is 1.73. The average molecular weight is 387 g/mol. The van der Waals surface area contributed by atoms with Crippen molar-refractivity contribution in [2.45, 2.75) is 25.1 Å². The van der Waals surface area contributed by atoms with Gasteiger partial charge in [-0.3, -0.25) is 0 Å². The van der Waals surface area contributed by atoms with Gasteiger partial charge in [0.1, 0.15) is 0 Å². The zero-order chi connectivity index (χ0) is 19.8. The minimum atomic E-state index is -2.19. The third-order valence-corrected chi connectivity index (χ3v) is 9.44. The molecule has 0 saturated heterocycles. The zero-order valence-electron chi connectivity index (χ0n) is 16.2. The first kappa shape index (κ1) is 19.8. The van der Waals surface area contributed by atoms with Crippen LogP contribution >= 0.6 is 0 Å². The number of carbonyl (C=O) groups is 1. The van der Waals surface area contributed by atoms with Gasteiger partial charge in [0, 0.05) is 5.57 Å². The van der Waals surface area contributed by atoms with E-state index in [2.05, 4.69) is 78.5 Å². The SMILES string of the molecule is CC(=C[Si](Cc1ccccc1)(Cc1ccccc1)Cc1ccccc1)C(=O)O. The van der Waals surface area contributed by atoms with Crippen molar-refractivity contribution in [3.8, 4) is 0 Å². The molecule has 3 heteroatoms. The molecule has 0 unspecified atom stereocenters. The molecule has 0 atom stereocenters. The van der Waals surface area contributed by atoms with Crippen molar-refractivity contribution in [2.75, 3.05) is 0 Å². The van der Waals surface area contributed by atoms with Gasteiger partial charge < -0.3 is 5.11 Å². The van der Waals surface area contributed by atoms with Crippen LogP contribution in [0.2, 0.25) is 0 Å². The molecule has 0 heterocycles. The maximum absolute atomic E-state index is 11.7. The van der Waals surface area contributed by atoms with Crippen LogP contribution in [0.1, 0.15) is 23.6 Å². The molecule has 0 aliphatic heterocycles. The van der Waals surface area contributed by atoms with E-state index in [4.69, 9.17) is 0 Å². The van der Waals surface area contributed by atoms with E-state index < -0.39 is 14.0 Å². The minimum absolute atomic E-state index is 0.453. The third-order valence-electron chi connectivity index (χ3n) is 5.06. The van der Waals surface area contributed by atoms with E-state index in [1.54, 1.807) is 6.92 Å². The van der Waals surface area contributed by atoms with Crippen molar-refractivity contribution >= 4 is 14.0 Å². The second-order valence-corrected chi connectivity index (χ2v) is 11.6. The lowest BCUT2D eigenvalue weighted by Crippen LogP contribution is -2.43. The van der Waals surface area contributed by atoms with Crippen LogP contribution in [-0.4, -0.2) is 19.1 Å². The van der Waals surface area contributed by atoms with Gasteiger partial charge in [0.15, 0.2) is 0 Å². The summed E-state index contributed by atoms with van der Waals surface area (Å²) < 4.78 is 0. The summed E-state index contributed by atoms with van der Waals surface area (Å²) in [4.78, 5) is 11.7. The summed E-state index contributed by atoms with van der Waals surface area (Å²) >= 11 is 0. The van der Waals surface area contributed by atoms with Gasteiger partial charge in [-0.15, -0.1) is 0 Å². The second kappa shape index (κ2) is 9.33. The Morgan fingerprint density at radius 2 is 1.04 bits per heavy atom. The first-order valence-corrected chi connectivity index (χ1v) is 12.3. The van der Waals surface area contributed by atoms with Gasteiger partial charge >= 0.3 is 5.97 Å². The highest BCUT2D eigenvalue weighted by molar-refractivity contribution is 6.83. The maximum Gasteiger partial charge on any atom is 0.330 e. The van der Waals surface area contributed by atoms with E-state index in [9.17, 15) is 9.90 Å². The van der Waals surface area contributed by atoms with Crippen molar-refractivity contribution in [3.05, 3.63) is 119 Å². The van der Waals surface area contributed by atoms with Crippen molar-refractivity contribution in [3.63, 3.8) is 0 Å². The highest BCUT2D eigenvalue weighted by atomic mass is 28.3. The van der Waals surface area contributed by atoms with Crippen LogP contribution in [-0.2, 0) is 22.9 Å². The Bertz CT molecular complexity index is 817. The normalized spacial score (nSPS) is 12.0. The molecule has 28 heavy (non-hydrogen) atoms. The molecule has 1 N–H and O–H groups in total. The topological polar surface area (TPSA) is 37.3 Å². The first-order chi connectivity index (χ1) is 13.6. The van der Waals surface area contributed by atoms with E-state index in [0.717, 1.165) is 18.1 Å². The highest BCUT2D eigenvalue weighted by Gasteiger charge is 2.32. The Labute approximate surface area is 168 Å². The van der Waals surface area contributed by atoms with Gasteiger partial charge in [0.25, 0.3) is 0 Å². The van der Waals surface area contributed by atoms with Crippen LogP contribution in [0.25, 0.3) is 0 Å². The van der Waals surface area contributed by atoms with Crippen LogP contribution < -0.4 is 0 Å². The van der Waals surface area contributed by atoms with Crippen molar-refractivity contribution in [1.29, 1.82) is 0 Å². The molecule has 3 aromatic carbocycles. The summed E-state index contributed by atoms with van der Waals surface area (Å²) in [6.07, 6.45) is 0. The molecule has 0 saturated carbocycles. The number of benzene rings is 3. The Hall–Kier alpha value is -2.91. The Balaban J connectivity index is 2.08. The fourth-order valence-electron chi connectivity index (χ4n) is 3.87. The molecular weight excluding hydrogens is 360 g/mol. The van der Waals surface area contributed by atoms with Gasteiger partial charge in [-0.25, -0.2) is 4.79 Å². The number of carboxylic acid groups (broad SMARTS) is 1. The van der Waals surface area contributed by atoms with Gasteiger partial charge in [-0.2, -0.15) is 0 Å². The molecule has 0 aromatic heterocycles. The summed E-state index contributed by atoms with van der Waals surface area (Å²) in [5, 5.41) is 9.60. The fourth-order valence-corrected chi connectivity index (χ4v) is 8.74. The van der Waals surface area contributed by atoms with E-state index in [1.807, 2.05) is 18.2 Å². The summed E-state index contributed by atoms with van der Waals surface area (Å²) in [5.74, 6) is -0.828. The molecular formula is C25H26O2Si. The average Bonchev–Trinajstić information content (AvgIpc) is 2.70. The van der Waals surface area contributed by atoms with Crippen molar-refractivity contribution in [2.24, 2.45) is 0 Å². The monoisotopic (exact) mass is 386 g/mol. The largest absolute Gasteiger partial charge is 0.478 e. The molecule has 2 nitrogen and oxygen atoms in total. The summed E-state index contributed by atoms with van der Waals surface area (Å²) in [6, 6.07) is 34.1. The van der Waals surface area contributed by atoms with Gasteiger partial charge in [-0.1, -0.05) is 113 Å². The standard InChI is InChI=1S/C25H26O2Si/c1-21(25(26)27)17-28(18-22-11-5-2-6-12-22,19-23-13-7-3-8-14-23)20-24-15-9-4-10-16-24/h2-17H,18-20H2,1H3,(H,26,27).